The molecule has 13 heteroatoms. The van der Waals surface area contributed by atoms with Crippen molar-refractivity contribution < 1.29 is 26.8 Å². The number of halogens is 4. The average molecular weight is 517 g/mol. The fraction of sp³-hybridized carbons (Fsp3) is 0.0455. The molecule has 0 spiro atoms. The molecule has 0 unspecified atom stereocenters. The highest BCUT2D eigenvalue weighted by Crippen LogP contribution is 2.39. The van der Waals surface area contributed by atoms with E-state index in [0.29, 0.717) is 0 Å². The van der Waals surface area contributed by atoms with E-state index < -0.39 is 23.5 Å². The lowest BCUT2D eigenvalue weighted by molar-refractivity contribution is -0.137. The fourth-order valence-electron chi connectivity index (χ4n) is 3.37. The number of thioether (sulfide) groups is 1. The number of thiocarbonyl (C=S) groups is 1. The lowest BCUT2D eigenvalue weighted by atomic mass is 10.1. The number of nitrogens with zero attached hydrogens (tertiary/aromatic N) is 5. The normalized spacial score (nSPS) is 15.4. The standard InChI is InChI=1S/C22H11F4N5O2S2/c23-19-15(5-2-6-16(19)30-11-27-28-29-30)17-8-7-14(33-17)10-18-20(32)31(21(34)35-18)13-4-1-3-12(9-13)22(24,25)26/h1-11H/b18-10-. The van der Waals surface area contributed by atoms with Gasteiger partial charge in [-0.3, -0.25) is 9.69 Å². The summed E-state index contributed by atoms with van der Waals surface area (Å²) in [6, 6.07) is 12.0. The molecule has 1 fully saturated rings. The Bertz CT molecular complexity index is 1480. The van der Waals surface area contributed by atoms with Crippen LogP contribution in [-0.2, 0) is 11.0 Å². The third-order valence-electron chi connectivity index (χ3n) is 4.97. The summed E-state index contributed by atoms with van der Waals surface area (Å²) in [6.45, 7) is 0. The lowest BCUT2D eigenvalue weighted by Crippen LogP contribution is -2.27. The Morgan fingerprint density at radius 1 is 1.09 bits per heavy atom. The molecule has 0 radical (unpaired) electrons. The molecule has 35 heavy (non-hydrogen) atoms. The van der Waals surface area contributed by atoms with E-state index in [9.17, 15) is 18.0 Å². The summed E-state index contributed by atoms with van der Waals surface area (Å²) >= 11 is 6.15. The van der Waals surface area contributed by atoms with E-state index in [-0.39, 0.29) is 37.7 Å². The molecule has 0 atom stereocenters. The van der Waals surface area contributed by atoms with Gasteiger partial charge < -0.3 is 4.42 Å². The van der Waals surface area contributed by atoms with E-state index in [1.807, 2.05) is 0 Å². The zero-order valence-electron chi connectivity index (χ0n) is 17.2. The second kappa shape index (κ2) is 8.74. The van der Waals surface area contributed by atoms with E-state index in [1.54, 1.807) is 6.07 Å². The highest BCUT2D eigenvalue weighted by atomic mass is 32.2. The van der Waals surface area contributed by atoms with E-state index >= 15 is 4.39 Å². The van der Waals surface area contributed by atoms with E-state index in [4.69, 9.17) is 16.6 Å². The van der Waals surface area contributed by atoms with Crippen LogP contribution in [0.1, 0.15) is 11.3 Å². The summed E-state index contributed by atoms with van der Waals surface area (Å²) in [6.07, 6.45) is -1.91. The fourth-order valence-corrected chi connectivity index (χ4v) is 4.65. The minimum Gasteiger partial charge on any atom is -0.457 e. The van der Waals surface area contributed by atoms with Gasteiger partial charge in [0.05, 0.1) is 21.7 Å². The molecule has 0 bridgehead atoms. The first-order valence-electron chi connectivity index (χ1n) is 9.79. The summed E-state index contributed by atoms with van der Waals surface area (Å²) in [5.41, 5.74) is -0.622. The number of anilines is 1. The molecule has 0 aliphatic carbocycles. The van der Waals surface area contributed by atoms with Crippen molar-refractivity contribution in [2.45, 2.75) is 6.18 Å². The van der Waals surface area contributed by atoms with Crippen LogP contribution in [0, 0.1) is 5.82 Å². The molecule has 1 amide bonds. The van der Waals surface area contributed by atoms with Crippen LogP contribution in [0.25, 0.3) is 23.1 Å². The van der Waals surface area contributed by atoms with Gasteiger partial charge in [-0.1, -0.05) is 36.1 Å². The smallest absolute Gasteiger partial charge is 0.416 e. The Hall–Kier alpha value is -3.84. The summed E-state index contributed by atoms with van der Waals surface area (Å²) < 4.78 is 61.3. The van der Waals surface area contributed by atoms with E-state index in [0.717, 1.165) is 28.8 Å². The van der Waals surface area contributed by atoms with Crippen molar-refractivity contribution in [3.8, 4) is 17.0 Å². The summed E-state index contributed by atoms with van der Waals surface area (Å²) in [5.74, 6) is -0.783. The molecule has 2 aromatic carbocycles. The van der Waals surface area contributed by atoms with Crippen LogP contribution in [-0.4, -0.2) is 30.4 Å². The number of alkyl halides is 3. The molecule has 176 valence electrons. The largest absolute Gasteiger partial charge is 0.457 e. The first-order valence-corrected chi connectivity index (χ1v) is 11.0. The number of hydrogen-bond donors (Lipinski definition) is 0. The van der Waals surface area contributed by atoms with Gasteiger partial charge in [0, 0.05) is 6.08 Å². The van der Waals surface area contributed by atoms with Gasteiger partial charge in [-0.25, -0.2) is 4.39 Å². The molecule has 1 saturated heterocycles. The van der Waals surface area contributed by atoms with Gasteiger partial charge in [0.2, 0.25) is 0 Å². The third-order valence-corrected chi connectivity index (χ3v) is 6.27. The Morgan fingerprint density at radius 2 is 1.89 bits per heavy atom. The lowest BCUT2D eigenvalue weighted by Gasteiger charge is -2.16. The SMILES string of the molecule is O=C1/C(=C/c2ccc(-c3cccc(-n4cnnn4)c3F)o2)SC(=S)N1c1cccc(C(F)(F)F)c1. The van der Waals surface area contributed by atoms with E-state index in [2.05, 4.69) is 15.5 Å². The number of carbonyl (C=O) groups is 1. The molecule has 2 aromatic heterocycles. The molecule has 7 nitrogen and oxygen atoms in total. The van der Waals surface area contributed by atoms with Crippen molar-refractivity contribution >= 4 is 46.0 Å². The number of amides is 1. The topological polar surface area (TPSA) is 77.0 Å². The van der Waals surface area contributed by atoms with Crippen molar-refractivity contribution in [1.29, 1.82) is 0 Å². The van der Waals surface area contributed by atoms with Gasteiger partial charge in [0.1, 0.15) is 23.5 Å². The van der Waals surface area contributed by atoms with Crippen LogP contribution in [0.3, 0.4) is 0 Å². The number of aromatic nitrogens is 4. The number of benzene rings is 2. The van der Waals surface area contributed by atoms with Crippen molar-refractivity contribution in [3.05, 3.63) is 83.0 Å². The molecule has 0 saturated carbocycles. The minimum absolute atomic E-state index is 0.00680. The number of carbonyl (C=O) groups excluding carboxylic acids is 1. The summed E-state index contributed by atoms with van der Waals surface area (Å²) in [4.78, 5) is 14.1. The van der Waals surface area contributed by atoms with Crippen molar-refractivity contribution in [2.24, 2.45) is 0 Å². The predicted octanol–water partition coefficient (Wildman–Crippen LogP) is 5.49. The van der Waals surface area contributed by atoms with Crippen LogP contribution in [0.15, 0.2) is 70.2 Å². The Labute approximate surface area is 204 Å². The third kappa shape index (κ3) is 4.35. The second-order valence-electron chi connectivity index (χ2n) is 7.16. The van der Waals surface area contributed by atoms with Crippen LogP contribution in [0.2, 0.25) is 0 Å². The minimum atomic E-state index is -4.56. The Balaban J connectivity index is 1.43. The molecule has 1 aliphatic rings. The summed E-state index contributed by atoms with van der Waals surface area (Å²) in [7, 11) is 0. The highest BCUT2D eigenvalue weighted by Gasteiger charge is 2.36. The van der Waals surface area contributed by atoms with Gasteiger partial charge in [-0.2, -0.15) is 17.9 Å². The van der Waals surface area contributed by atoms with E-state index in [1.165, 1.54) is 53.5 Å². The van der Waals surface area contributed by atoms with Gasteiger partial charge in [-0.15, -0.1) is 5.10 Å². The molecule has 0 N–H and O–H groups in total. The van der Waals surface area contributed by atoms with Crippen molar-refractivity contribution in [1.82, 2.24) is 20.2 Å². The van der Waals surface area contributed by atoms with Crippen LogP contribution < -0.4 is 4.90 Å². The number of hydrogen-bond acceptors (Lipinski definition) is 7. The van der Waals surface area contributed by atoms with Gasteiger partial charge in [0.15, 0.2) is 10.1 Å². The van der Waals surface area contributed by atoms with Crippen LogP contribution >= 0.6 is 24.0 Å². The number of tetrazole rings is 1. The second-order valence-corrected chi connectivity index (χ2v) is 8.84. The van der Waals surface area contributed by atoms with Gasteiger partial charge in [-0.05, 0) is 52.9 Å². The average Bonchev–Trinajstić information content (AvgIpc) is 3.56. The molecule has 4 aromatic rings. The number of furan rings is 1. The molecular formula is C22H11F4N5O2S2. The molecule has 5 rings (SSSR count). The highest BCUT2D eigenvalue weighted by molar-refractivity contribution is 8.27. The molecule has 3 heterocycles. The van der Waals surface area contributed by atoms with Gasteiger partial charge in [0.25, 0.3) is 5.91 Å². The quantitative estimate of drug-likeness (QED) is 0.201. The van der Waals surface area contributed by atoms with Crippen LogP contribution in [0.4, 0.5) is 23.2 Å². The molecule has 1 aliphatic heterocycles. The predicted molar refractivity (Wildman–Crippen MR) is 124 cm³/mol. The maximum atomic E-state index is 15.1. The van der Waals surface area contributed by atoms with Crippen molar-refractivity contribution in [3.63, 3.8) is 0 Å². The van der Waals surface area contributed by atoms with Crippen molar-refractivity contribution in [2.75, 3.05) is 4.90 Å². The number of rotatable bonds is 4. The maximum absolute atomic E-state index is 15.1. The zero-order valence-corrected chi connectivity index (χ0v) is 18.9. The first-order chi connectivity index (χ1) is 16.7. The first kappa shape index (κ1) is 22.9. The summed E-state index contributed by atoms with van der Waals surface area (Å²) in [5, 5.41) is 10.7. The Kier molecular flexibility index (Phi) is 5.73. The molecular weight excluding hydrogens is 506 g/mol. The van der Waals surface area contributed by atoms with Gasteiger partial charge >= 0.3 is 6.18 Å². The monoisotopic (exact) mass is 517 g/mol. The maximum Gasteiger partial charge on any atom is 0.416 e. The Morgan fingerprint density at radius 3 is 2.63 bits per heavy atom. The van der Waals surface area contributed by atoms with Crippen LogP contribution in [0.5, 0.6) is 0 Å². The zero-order chi connectivity index (χ0) is 24.7.